The number of methoxy groups -OCH3 is 2. The maximum Gasteiger partial charge on any atom is 0.246 e. The summed E-state index contributed by atoms with van der Waals surface area (Å²) in [7, 11) is 3.22. The standard InChI is InChI=1S/C20H24N4O3/c1-15(17-6-5-16(26-2)14-18(17)27-3)13-19(25)23-9-11-24(12-10-23)20-21-7-4-8-22-20/h4-8,13-14H,9-12H2,1-3H3/b15-13+. The second-order valence-corrected chi connectivity index (χ2v) is 6.25. The fraction of sp³-hybridized carbons (Fsp3) is 0.350. The Balaban J connectivity index is 1.66. The van der Waals surface area contributed by atoms with Gasteiger partial charge in [-0.25, -0.2) is 9.97 Å². The summed E-state index contributed by atoms with van der Waals surface area (Å²) in [5.74, 6) is 2.11. The predicted octanol–water partition coefficient (Wildman–Crippen LogP) is 2.25. The minimum Gasteiger partial charge on any atom is -0.497 e. The van der Waals surface area contributed by atoms with Crippen LogP contribution in [0.4, 0.5) is 5.95 Å². The van der Waals surface area contributed by atoms with Crippen LogP contribution < -0.4 is 14.4 Å². The Bertz CT molecular complexity index is 815. The number of allylic oxidation sites excluding steroid dienone is 1. The van der Waals surface area contributed by atoms with Crippen molar-refractivity contribution in [2.24, 2.45) is 0 Å². The lowest BCUT2D eigenvalue weighted by Gasteiger charge is -2.34. The van der Waals surface area contributed by atoms with Gasteiger partial charge < -0.3 is 19.3 Å². The minimum atomic E-state index is -0.000925. The van der Waals surface area contributed by atoms with E-state index in [0.29, 0.717) is 43.6 Å². The molecule has 0 spiro atoms. The number of anilines is 1. The molecule has 7 nitrogen and oxygen atoms in total. The molecule has 1 aliphatic heterocycles. The number of benzene rings is 1. The molecule has 0 saturated carbocycles. The third kappa shape index (κ3) is 4.36. The van der Waals surface area contributed by atoms with Crippen molar-refractivity contribution in [3.8, 4) is 11.5 Å². The molecule has 1 aliphatic rings. The van der Waals surface area contributed by atoms with Crippen LogP contribution in [-0.2, 0) is 4.79 Å². The highest BCUT2D eigenvalue weighted by atomic mass is 16.5. The first-order valence-corrected chi connectivity index (χ1v) is 8.84. The lowest BCUT2D eigenvalue weighted by molar-refractivity contribution is -0.126. The summed E-state index contributed by atoms with van der Waals surface area (Å²) in [5, 5.41) is 0. The Morgan fingerprint density at radius 2 is 1.78 bits per heavy atom. The number of nitrogens with zero attached hydrogens (tertiary/aromatic N) is 4. The molecule has 2 aromatic rings. The molecule has 1 aromatic heterocycles. The summed E-state index contributed by atoms with van der Waals surface area (Å²) in [6, 6.07) is 7.37. The number of piperazine rings is 1. The molecule has 0 unspecified atom stereocenters. The minimum absolute atomic E-state index is 0.000925. The summed E-state index contributed by atoms with van der Waals surface area (Å²) in [5.41, 5.74) is 1.73. The maximum atomic E-state index is 12.7. The third-order valence-electron chi connectivity index (χ3n) is 4.60. The molecule has 0 aliphatic carbocycles. The molecule has 142 valence electrons. The second kappa shape index (κ2) is 8.53. The van der Waals surface area contributed by atoms with Gasteiger partial charge in [0.1, 0.15) is 11.5 Å². The molecule has 0 N–H and O–H groups in total. The van der Waals surface area contributed by atoms with E-state index in [0.717, 1.165) is 11.1 Å². The molecule has 7 heteroatoms. The lowest BCUT2D eigenvalue weighted by Crippen LogP contribution is -2.48. The fourth-order valence-corrected chi connectivity index (χ4v) is 3.06. The van der Waals surface area contributed by atoms with Crippen molar-refractivity contribution in [1.29, 1.82) is 0 Å². The number of amides is 1. The average molecular weight is 368 g/mol. The normalized spacial score (nSPS) is 14.9. The molecule has 2 heterocycles. The largest absolute Gasteiger partial charge is 0.497 e. The van der Waals surface area contributed by atoms with Gasteiger partial charge in [-0.1, -0.05) is 0 Å². The Hall–Kier alpha value is -3.09. The number of hydrogen-bond acceptors (Lipinski definition) is 6. The van der Waals surface area contributed by atoms with E-state index in [2.05, 4.69) is 14.9 Å². The van der Waals surface area contributed by atoms with Crippen LogP contribution in [0.3, 0.4) is 0 Å². The second-order valence-electron chi connectivity index (χ2n) is 6.25. The fourth-order valence-electron chi connectivity index (χ4n) is 3.06. The van der Waals surface area contributed by atoms with E-state index in [1.54, 1.807) is 38.8 Å². The van der Waals surface area contributed by atoms with Crippen molar-refractivity contribution >= 4 is 17.4 Å². The number of rotatable bonds is 5. The number of carbonyl (C=O) groups excluding carboxylic acids is 1. The Labute approximate surface area is 159 Å². The average Bonchev–Trinajstić information content (AvgIpc) is 2.73. The van der Waals surface area contributed by atoms with E-state index < -0.39 is 0 Å². The van der Waals surface area contributed by atoms with Gasteiger partial charge >= 0.3 is 0 Å². The first kappa shape index (κ1) is 18.7. The Morgan fingerprint density at radius 1 is 1.07 bits per heavy atom. The van der Waals surface area contributed by atoms with Crippen molar-refractivity contribution < 1.29 is 14.3 Å². The smallest absolute Gasteiger partial charge is 0.246 e. The zero-order valence-corrected chi connectivity index (χ0v) is 15.9. The van der Waals surface area contributed by atoms with Gasteiger partial charge in [0.2, 0.25) is 11.9 Å². The molecule has 1 amide bonds. The van der Waals surface area contributed by atoms with E-state index in [1.807, 2.05) is 30.0 Å². The van der Waals surface area contributed by atoms with Gasteiger partial charge in [0, 0.05) is 56.3 Å². The highest BCUT2D eigenvalue weighted by Crippen LogP contribution is 2.30. The molecule has 0 atom stereocenters. The van der Waals surface area contributed by atoms with Crippen molar-refractivity contribution in [2.45, 2.75) is 6.92 Å². The van der Waals surface area contributed by atoms with Gasteiger partial charge in [0.25, 0.3) is 0 Å². The van der Waals surface area contributed by atoms with Crippen LogP contribution in [0.25, 0.3) is 5.57 Å². The SMILES string of the molecule is COc1ccc(/C(C)=C/C(=O)N2CCN(c3ncccn3)CC2)c(OC)c1. The molecular formula is C20H24N4O3. The first-order valence-electron chi connectivity index (χ1n) is 8.84. The van der Waals surface area contributed by atoms with E-state index in [9.17, 15) is 4.79 Å². The number of aromatic nitrogens is 2. The Morgan fingerprint density at radius 3 is 2.41 bits per heavy atom. The number of carbonyl (C=O) groups is 1. The maximum absolute atomic E-state index is 12.7. The van der Waals surface area contributed by atoms with Crippen LogP contribution in [0.2, 0.25) is 0 Å². The van der Waals surface area contributed by atoms with Gasteiger partial charge in [-0.05, 0) is 30.7 Å². The van der Waals surface area contributed by atoms with Gasteiger partial charge in [-0.15, -0.1) is 0 Å². The molecule has 3 rings (SSSR count). The van der Waals surface area contributed by atoms with Crippen LogP contribution in [0, 0.1) is 0 Å². The van der Waals surface area contributed by atoms with Gasteiger partial charge in [-0.2, -0.15) is 0 Å². The van der Waals surface area contributed by atoms with E-state index in [-0.39, 0.29) is 5.91 Å². The van der Waals surface area contributed by atoms with Crippen molar-refractivity contribution in [3.05, 3.63) is 48.3 Å². The van der Waals surface area contributed by atoms with E-state index in [1.165, 1.54) is 0 Å². The highest BCUT2D eigenvalue weighted by Gasteiger charge is 2.21. The number of hydrogen-bond donors (Lipinski definition) is 0. The molecule has 0 radical (unpaired) electrons. The lowest BCUT2D eigenvalue weighted by atomic mass is 10.1. The molecule has 0 bridgehead atoms. The van der Waals surface area contributed by atoms with Crippen LogP contribution in [0.5, 0.6) is 11.5 Å². The van der Waals surface area contributed by atoms with Gasteiger partial charge in [-0.3, -0.25) is 4.79 Å². The first-order chi connectivity index (χ1) is 13.1. The number of ether oxygens (including phenoxy) is 2. The van der Waals surface area contributed by atoms with Gasteiger partial charge in [0.15, 0.2) is 0 Å². The van der Waals surface area contributed by atoms with E-state index in [4.69, 9.17) is 9.47 Å². The zero-order valence-electron chi connectivity index (χ0n) is 15.9. The Kier molecular flexibility index (Phi) is 5.90. The molecule has 1 saturated heterocycles. The van der Waals surface area contributed by atoms with Crippen molar-refractivity contribution in [2.75, 3.05) is 45.3 Å². The summed E-state index contributed by atoms with van der Waals surface area (Å²) >= 11 is 0. The van der Waals surface area contributed by atoms with Crippen molar-refractivity contribution in [1.82, 2.24) is 14.9 Å². The van der Waals surface area contributed by atoms with Crippen LogP contribution in [0.1, 0.15) is 12.5 Å². The molecule has 1 aromatic carbocycles. The summed E-state index contributed by atoms with van der Waals surface area (Å²) in [6.07, 6.45) is 5.13. The highest BCUT2D eigenvalue weighted by molar-refractivity contribution is 5.95. The molecular weight excluding hydrogens is 344 g/mol. The predicted molar refractivity (Wildman–Crippen MR) is 104 cm³/mol. The van der Waals surface area contributed by atoms with Crippen LogP contribution >= 0.6 is 0 Å². The van der Waals surface area contributed by atoms with Gasteiger partial charge in [0.05, 0.1) is 14.2 Å². The summed E-state index contributed by atoms with van der Waals surface area (Å²) in [6.45, 7) is 4.63. The third-order valence-corrected chi connectivity index (χ3v) is 4.60. The van der Waals surface area contributed by atoms with E-state index >= 15 is 0 Å². The topological polar surface area (TPSA) is 67.8 Å². The summed E-state index contributed by atoms with van der Waals surface area (Å²) in [4.78, 5) is 25.2. The van der Waals surface area contributed by atoms with Crippen molar-refractivity contribution in [3.63, 3.8) is 0 Å². The zero-order chi connectivity index (χ0) is 19.2. The summed E-state index contributed by atoms with van der Waals surface area (Å²) < 4.78 is 10.7. The quantitative estimate of drug-likeness (QED) is 0.754. The monoisotopic (exact) mass is 368 g/mol. The molecule has 1 fully saturated rings. The molecule has 27 heavy (non-hydrogen) atoms. The van der Waals surface area contributed by atoms with Crippen LogP contribution in [-0.4, -0.2) is 61.2 Å². The van der Waals surface area contributed by atoms with Crippen LogP contribution in [0.15, 0.2) is 42.7 Å².